The predicted octanol–water partition coefficient (Wildman–Crippen LogP) is 1.89. The maximum Gasteiger partial charge on any atom is 0.218 e. The van der Waals surface area contributed by atoms with Gasteiger partial charge in [0.2, 0.25) is 10.0 Å². The summed E-state index contributed by atoms with van der Waals surface area (Å²) < 4.78 is 38.7. The third kappa shape index (κ3) is 3.77. The van der Waals surface area contributed by atoms with Gasteiger partial charge in [-0.25, -0.2) is 17.1 Å². The van der Waals surface area contributed by atoms with Gasteiger partial charge in [-0.15, -0.1) is 0 Å². The molecule has 0 radical (unpaired) electrons. The van der Waals surface area contributed by atoms with E-state index in [2.05, 4.69) is 0 Å². The van der Waals surface area contributed by atoms with Crippen LogP contribution in [0.4, 0.5) is 4.39 Å². The van der Waals surface area contributed by atoms with Crippen LogP contribution < -0.4 is 0 Å². The Morgan fingerprint density at radius 3 is 2.60 bits per heavy atom. The molecule has 1 aliphatic rings. The Balaban J connectivity index is 2.06. The molecule has 4 nitrogen and oxygen atoms in total. The second kappa shape index (κ2) is 5.79. The van der Waals surface area contributed by atoms with Gasteiger partial charge in [-0.05, 0) is 30.5 Å². The fraction of sp³-hybridized carbons (Fsp3) is 0.571. The van der Waals surface area contributed by atoms with Crippen molar-refractivity contribution in [2.75, 3.05) is 13.6 Å². The van der Waals surface area contributed by atoms with Crippen molar-refractivity contribution in [3.8, 4) is 0 Å². The zero-order chi connectivity index (χ0) is 14.8. The lowest BCUT2D eigenvalue weighted by Crippen LogP contribution is -2.42. The topological polar surface area (TPSA) is 57.6 Å². The summed E-state index contributed by atoms with van der Waals surface area (Å²) in [4.78, 5) is 0. The van der Waals surface area contributed by atoms with Crippen molar-refractivity contribution in [1.82, 2.24) is 4.31 Å². The van der Waals surface area contributed by atoms with Gasteiger partial charge in [0.1, 0.15) is 5.82 Å². The molecule has 0 heterocycles. The van der Waals surface area contributed by atoms with Crippen molar-refractivity contribution in [3.63, 3.8) is 0 Å². The Labute approximate surface area is 119 Å². The molecule has 1 aromatic rings. The number of halogens is 1. The number of aliphatic hydroxyl groups is 1. The van der Waals surface area contributed by atoms with Crippen LogP contribution in [0.2, 0.25) is 0 Å². The van der Waals surface area contributed by atoms with E-state index in [1.54, 1.807) is 6.07 Å². The number of benzene rings is 1. The molecule has 1 fully saturated rings. The number of likely N-dealkylation sites (N-methyl/N-ethyl adjacent to an activating group) is 1. The smallest absolute Gasteiger partial charge is 0.218 e. The predicted molar refractivity (Wildman–Crippen MR) is 75.1 cm³/mol. The van der Waals surface area contributed by atoms with Gasteiger partial charge in [0.25, 0.3) is 0 Å². The third-order valence-corrected chi connectivity index (χ3v) is 5.54. The van der Waals surface area contributed by atoms with Gasteiger partial charge in [-0.2, -0.15) is 0 Å². The molecule has 1 saturated carbocycles. The maximum atomic E-state index is 13.1. The first-order valence-electron chi connectivity index (χ1n) is 6.72. The van der Waals surface area contributed by atoms with Crippen LogP contribution in [-0.2, 0) is 15.8 Å². The Hall–Kier alpha value is -0.980. The molecule has 0 bridgehead atoms. The van der Waals surface area contributed by atoms with Crippen molar-refractivity contribution in [3.05, 3.63) is 35.6 Å². The summed E-state index contributed by atoms with van der Waals surface area (Å²) in [7, 11) is -2.09. The lowest BCUT2D eigenvalue weighted by molar-refractivity contribution is 0.0333. The fourth-order valence-corrected chi connectivity index (χ4v) is 3.91. The second-order valence-corrected chi connectivity index (χ2v) is 7.65. The average Bonchev–Trinajstić information content (AvgIpc) is 2.75. The van der Waals surface area contributed by atoms with Crippen LogP contribution in [0.15, 0.2) is 24.3 Å². The minimum atomic E-state index is -3.55. The van der Waals surface area contributed by atoms with Crippen LogP contribution in [-0.4, -0.2) is 37.0 Å². The maximum absolute atomic E-state index is 13.1. The van der Waals surface area contributed by atoms with Gasteiger partial charge < -0.3 is 5.11 Å². The highest BCUT2D eigenvalue weighted by molar-refractivity contribution is 7.88. The quantitative estimate of drug-likeness (QED) is 0.903. The lowest BCUT2D eigenvalue weighted by atomic mass is 10.0. The summed E-state index contributed by atoms with van der Waals surface area (Å²) in [5.41, 5.74) is -0.501. The fourth-order valence-electron chi connectivity index (χ4n) is 2.65. The molecule has 0 atom stereocenters. The van der Waals surface area contributed by atoms with E-state index in [9.17, 15) is 17.9 Å². The van der Waals surface area contributed by atoms with E-state index >= 15 is 0 Å². The molecule has 6 heteroatoms. The summed E-state index contributed by atoms with van der Waals surface area (Å²) in [6.07, 6.45) is 3.11. The van der Waals surface area contributed by atoms with Crippen molar-refractivity contribution < 1.29 is 17.9 Å². The molecule has 0 aliphatic heterocycles. The van der Waals surface area contributed by atoms with Crippen LogP contribution in [0.25, 0.3) is 0 Å². The molecule has 0 amide bonds. The molecule has 0 unspecified atom stereocenters. The minimum absolute atomic E-state index is 0.102. The van der Waals surface area contributed by atoms with E-state index in [0.717, 1.165) is 12.8 Å². The first-order chi connectivity index (χ1) is 9.31. The number of hydrogen-bond acceptors (Lipinski definition) is 3. The van der Waals surface area contributed by atoms with Crippen LogP contribution in [0, 0.1) is 5.82 Å². The second-order valence-electron chi connectivity index (χ2n) is 5.57. The number of rotatable bonds is 5. The molecule has 0 saturated heterocycles. The number of hydrogen-bond donors (Lipinski definition) is 1. The third-order valence-electron chi connectivity index (χ3n) is 3.76. The molecule has 112 valence electrons. The first kappa shape index (κ1) is 15.4. The molecule has 2 rings (SSSR count). The Bertz CT molecular complexity index is 568. The molecule has 20 heavy (non-hydrogen) atoms. The van der Waals surface area contributed by atoms with Gasteiger partial charge in [0.15, 0.2) is 0 Å². The molecule has 1 aliphatic carbocycles. The largest absolute Gasteiger partial charge is 0.389 e. The summed E-state index contributed by atoms with van der Waals surface area (Å²) >= 11 is 0. The van der Waals surface area contributed by atoms with Gasteiger partial charge in [0, 0.05) is 13.6 Å². The van der Waals surface area contributed by atoms with Gasteiger partial charge in [-0.1, -0.05) is 25.0 Å². The van der Waals surface area contributed by atoms with E-state index < -0.39 is 21.4 Å². The van der Waals surface area contributed by atoms with E-state index in [1.165, 1.54) is 29.6 Å². The standard InChI is InChI=1S/C14H20FNO3S/c1-16(11-14(17)7-2-3-8-14)20(18,19)10-12-5-4-6-13(15)9-12/h4-6,9,17H,2-3,7-8,10-11H2,1H3. The van der Waals surface area contributed by atoms with E-state index in [1.807, 2.05) is 0 Å². The zero-order valence-corrected chi connectivity index (χ0v) is 12.4. The van der Waals surface area contributed by atoms with Crippen LogP contribution in [0.5, 0.6) is 0 Å². The normalized spacial score (nSPS) is 18.6. The molecule has 0 aromatic heterocycles. The van der Waals surface area contributed by atoms with Crippen LogP contribution >= 0.6 is 0 Å². The summed E-state index contributed by atoms with van der Waals surface area (Å²) in [5, 5.41) is 10.3. The van der Waals surface area contributed by atoms with Gasteiger partial charge >= 0.3 is 0 Å². The van der Waals surface area contributed by atoms with Gasteiger partial charge in [-0.3, -0.25) is 0 Å². The van der Waals surface area contributed by atoms with E-state index in [0.29, 0.717) is 18.4 Å². The van der Waals surface area contributed by atoms with Crippen molar-refractivity contribution in [1.29, 1.82) is 0 Å². The summed E-state index contributed by atoms with van der Waals surface area (Å²) in [6.45, 7) is 0.102. The molecular formula is C14H20FNO3S. The van der Waals surface area contributed by atoms with Gasteiger partial charge in [0.05, 0.1) is 11.4 Å². The van der Waals surface area contributed by atoms with E-state index in [-0.39, 0.29) is 12.3 Å². The summed E-state index contributed by atoms with van der Waals surface area (Å²) in [6, 6.07) is 5.57. The lowest BCUT2D eigenvalue weighted by Gasteiger charge is -2.28. The minimum Gasteiger partial charge on any atom is -0.389 e. The average molecular weight is 301 g/mol. The Morgan fingerprint density at radius 1 is 1.35 bits per heavy atom. The highest BCUT2D eigenvalue weighted by Crippen LogP contribution is 2.30. The Morgan fingerprint density at radius 2 is 2.00 bits per heavy atom. The van der Waals surface area contributed by atoms with Crippen molar-refractivity contribution in [2.45, 2.75) is 37.0 Å². The molecule has 0 spiro atoms. The van der Waals surface area contributed by atoms with Crippen molar-refractivity contribution >= 4 is 10.0 Å². The first-order valence-corrected chi connectivity index (χ1v) is 8.33. The Kier molecular flexibility index (Phi) is 4.46. The highest BCUT2D eigenvalue weighted by atomic mass is 32.2. The molecular weight excluding hydrogens is 281 g/mol. The van der Waals surface area contributed by atoms with E-state index in [4.69, 9.17) is 0 Å². The van der Waals surface area contributed by atoms with Crippen molar-refractivity contribution in [2.24, 2.45) is 0 Å². The number of nitrogens with zero attached hydrogens (tertiary/aromatic N) is 1. The van der Waals surface area contributed by atoms with Crippen LogP contribution in [0.1, 0.15) is 31.2 Å². The number of sulfonamides is 1. The highest BCUT2D eigenvalue weighted by Gasteiger charge is 2.35. The zero-order valence-electron chi connectivity index (χ0n) is 11.5. The molecule has 1 aromatic carbocycles. The SMILES string of the molecule is CN(CC1(O)CCCC1)S(=O)(=O)Cc1cccc(F)c1. The summed E-state index contributed by atoms with van der Waals surface area (Å²) in [5.74, 6) is -0.702. The molecule has 1 N–H and O–H groups in total. The van der Waals surface area contributed by atoms with Crippen LogP contribution in [0.3, 0.4) is 0 Å². The monoisotopic (exact) mass is 301 g/mol.